The van der Waals surface area contributed by atoms with Crippen molar-refractivity contribution in [3.8, 4) is 11.6 Å². The molecule has 3 heterocycles. The van der Waals surface area contributed by atoms with E-state index in [4.69, 9.17) is 26.4 Å². The van der Waals surface area contributed by atoms with E-state index >= 15 is 0 Å². The Morgan fingerprint density at radius 3 is 2.41 bits per heavy atom. The average Bonchev–Trinajstić information content (AvgIpc) is 3.44. The van der Waals surface area contributed by atoms with Gasteiger partial charge in [0.2, 0.25) is 5.88 Å². The highest BCUT2D eigenvalue weighted by Gasteiger charge is 2.34. The van der Waals surface area contributed by atoms with Crippen molar-refractivity contribution in [1.82, 2.24) is 19.0 Å². The average molecular weight is 644 g/mol. The Morgan fingerprint density at radius 2 is 1.76 bits per heavy atom. The van der Waals surface area contributed by atoms with Gasteiger partial charge in [-0.15, -0.1) is 0 Å². The highest BCUT2D eigenvalue weighted by atomic mass is 79.9. The summed E-state index contributed by atoms with van der Waals surface area (Å²) in [6, 6.07) is 14.4. The van der Waals surface area contributed by atoms with Gasteiger partial charge >= 0.3 is 0 Å². The van der Waals surface area contributed by atoms with Crippen LogP contribution >= 0.6 is 28.1 Å². The molecule has 4 aromatic rings. The molecule has 2 aromatic heterocycles. The molecule has 0 aliphatic carbocycles. The second kappa shape index (κ2) is 13.1. The molecule has 1 aliphatic rings. The third-order valence-electron chi connectivity index (χ3n) is 7.79. The first kappa shape index (κ1) is 29.8. The maximum absolute atomic E-state index is 11.3. The van der Waals surface area contributed by atoms with E-state index in [-0.39, 0.29) is 18.0 Å². The Labute approximate surface area is 255 Å². The van der Waals surface area contributed by atoms with Crippen molar-refractivity contribution in [3.63, 3.8) is 0 Å². The minimum Gasteiger partial charge on any atom is -0.494 e. The Hall–Kier alpha value is -2.63. The van der Waals surface area contributed by atoms with Crippen LogP contribution in [0.5, 0.6) is 11.6 Å². The van der Waals surface area contributed by atoms with Crippen LogP contribution in [0.2, 0.25) is 0 Å². The largest absolute Gasteiger partial charge is 0.494 e. The number of hydrogen-bond donors (Lipinski definition) is 2. The van der Waals surface area contributed by atoms with E-state index in [1.807, 2.05) is 36.6 Å². The maximum atomic E-state index is 11.3. The number of imidazole rings is 1. The summed E-state index contributed by atoms with van der Waals surface area (Å²) in [5.41, 5.74) is 5.27. The van der Waals surface area contributed by atoms with Crippen LogP contribution in [-0.2, 0) is 15.9 Å². The lowest BCUT2D eigenvalue weighted by molar-refractivity contribution is 0.110. The van der Waals surface area contributed by atoms with Crippen molar-refractivity contribution < 1.29 is 19.3 Å². The summed E-state index contributed by atoms with van der Waals surface area (Å²) in [6.07, 6.45) is 1.51. The normalized spacial score (nSPS) is 14.7. The smallest absolute Gasteiger partial charge is 0.214 e. The lowest BCUT2D eigenvalue weighted by Gasteiger charge is -2.27. The Kier molecular flexibility index (Phi) is 9.56. The first-order valence-electron chi connectivity index (χ1n) is 14.1. The molecule has 220 valence electrons. The second-order valence-corrected chi connectivity index (χ2v) is 12.1. The number of aromatic nitrogens is 3. The minimum atomic E-state index is -0.192. The number of fused-ring (bicyclic) bond motifs is 4. The minimum absolute atomic E-state index is 0.0428. The standard InChI is InChI=1S/C31H39BrN4O4S/c1-20(2)35-30(37)27-19-25-24-18-22(32)8-11-26(24)33-28(25)29(36(27)31(35)41)21-6-9-23(10-7-21)40-15-5-12-34(13-16-38-3)14-17-39-4/h6-11,18,20,29,33,37H,5,12-17,19H2,1-4H3. The lowest BCUT2D eigenvalue weighted by Crippen LogP contribution is -2.32. The fraction of sp³-hybridized carbons (Fsp3) is 0.452. The first-order valence-corrected chi connectivity index (χ1v) is 15.3. The molecule has 8 nitrogen and oxygen atoms in total. The molecule has 0 amide bonds. The number of hydrogen-bond acceptors (Lipinski definition) is 6. The molecule has 1 unspecified atom stereocenters. The quantitative estimate of drug-likeness (QED) is 0.113. The predicted octanol–water partition coefficient (Wildman–Crippen LogP) is 6.45. The molecule has 0 radical (unpaired) electrons. The zero-order chi connectivity index (χ0) is 29.1. The molecule has 41 heavy (non-hydrogen) atoms. The van der Waals surface area contributed by atoms with Gasteiger partial charge in [-0.05, 0) is 73.9 Å². The SMILES string of the molecule is COCCN(CCCOc1ccc(C2c3[nH]c4ccc(Br)cc4c3Cc3c(O)n(C(C)C)c(=S)n32)cc1)CCOC. The van der Waals surface area contributed by atoms with Crippen LogP contribution in [-0.4, -0.2) is 77.8 Å². The molecule has 1 aliphatic heterocycles. The van der Waals surface area contributed by atoms with E-state index in [2.05, 4.69) is 54.6 Å². The monoisotopic (exact) mass is 642 g/mol. The molecule has 5 rings (SSSR count). The molecular weight excluding hydrogens is 604 g/mol. The number of aromatic amines is 1. The Bertz CT molecular complexity index is 1530. The van der Waals surface area contributed by atoms with Gasteiger partial charge in [-0.25, -0.2) is 0 Å². The molecule has 2 aromatic carbocycles. The fourth-order valence-corrected chi connectivity index (χ4v) is 6.62. The van der Waals surface area contributed by atoms with Gasteiger partial charge in [0, 0.05) is 67.4 Å². The highest BCUT2D eigenvalue weighted by molar-refractivity contribution is 9.10. The van der Waals surface area contributed by atoms with E-state index in [0.717, 1.165) is 64.1 Å². The summed E-state index contributed by atoms with van der Waals surface area (Å²) in [6.45, 7) is 8.79. The fourth-order valence-electron chi connectivity index (χ4n) is 5.74. The van der Waals surface area contributed by atoms with Gasteiger partial charge in [0.05, 0.1) is 25.5 Å². The summed E-state index contributed by atoms with van der Waals surface area (Å²) in [4.78, 5) is 6.01. The second-order valence-electron chi connectivity index (χ2n) is 10.8. The summed E-state index contributed by atoms with van der Waals surface area (Å²) >= 11 is 9.59. The maximum Gasteiger partial charge on any atom is 0.214 e. The van der Waals surface area contributed by atoms with Crippen LogP contribution in [0.4, 0.5) is 0 Å². The van der Waals surface area contributed by atoms with Gasteiger partial charge in [-0.2, -0.15) is 0 Å². The van der Waals surface area contributed by atoms with Gasteiger partial charge in [-0.1, -0.05) is 28.1 Å². The number of methoxy groups -OCH3 is 2. The molecule has 0 bridgehead atoms. The molecule has 10 heteroatoms. The number of rotatable bonds is 13. The molecule has 1 atom stereocenters. The van der Waals surface area contributed by atoms with Crippen LogP contribution in [0.15, 0.2) is 46.9 Å². The predicted molar refractivity (Wildman–Crippen MR) is 168 cm³/mol. The first-order chi connectivity index (χ1) is 19.8. The van der Waals surface area contributed by atoms with Crippen LogP contribution in [0, 0.1) is 4.77 Å². The number of aromatic hydroxyl groups is 1. The van der Waals surface area contributed by atoms with Crippen molar-refractivity contribution in [2.75, 3.05) is 53.7 Å². The van der Waals surface area contributed by atoms with E-state index in [1.54, 1.807) is 14.2 Å². The summed E-state index contributed by atoms with van der Waals surface area (Å²) < 4.78 is 22.2. The van der Waals surface area contributed by atoms with Crippen molar-refractivity contribution in [3.05, 3.63) is 74.2 Å². The number of H-pyrrole nitrogens is 1. The zero-order valence-electron chi connectivity index (χ0n) is 24.2. The summed E-state index contributed by atoms with van der Waals surface area (Å²) in [5.74, 6) is 1.08. The van der Waals surface area contributed by atoms with Gasteiger partial charge in [0.1, 0.15) is 11.8 Å². The number of nitrogens with one attached hydrogen (secondary N) is 1. The number of nitrogens with zero attached hydrogens (tertiary/aromatic N) is 3. The van der Waals surface area contributed by atoms with Gasteiger partial charge in [-0.3, -0.25) is 9.47 Å². The number of ether oxygens (including phenoxy) is 3. The Balaban J connectivity index is 1.40. The van der Waals surface area contributed by atoms with Gasteiger partial charge in [0.15, 0.2) is 4.77 Å². The molecule has 0 fully saturated rings. The third-order valence-corrected chi connectivity index (χ3v) is 8.68. The van der Waals surface area contributed by atoms with Crippen LogP contribution in [0.3, 0.4) is 0 Å². The van der Waals surface area contributed by atoms with Crippen LogP contribution in [0.1, 0.15) is 54.9 Å². The highest BCUT2D eigenvalue weighted by Crippen LogP contribution is 2.44. The van der Waals surface area contributed by atoms with E-state index in [9.17, 15) is 5.11 Å². The van der Waals surface area contributed by atoms with E-state index in [1.165, 1.54) is 5.56 Å². The molecule has 0 spiro atoms. The van der Waals surface area contributed by atoms with E-state index in [0.29, 0.717) is 31.0 Å². The zero-order valence-corrected chi connectivity index (χ0v) is 26.6. The van der Waals surface area contributed by atoms with E-state index < -0.39 is 0 Å². The lowest BCUT2D eigenvalue weighted by atomic mass is 9.93. The molecule has 0 saturated carbocycles. The van der Waals surface area contributed by atoms with Gasteiger partial charge < -0.3 is 28.9 Å². The number of halogens is 1. The number of benzene rings is 2. The molecule has 2 N–H and O–H groups in total. The van der Waals surface area contributed by atoms with Crippen LogP contribution in [0.25, 0.3) is 10.9 Å². The Morgan fingerprint density at radius 1 is 1.05 bits per heavy atom. The summed E-state index contributed by atoms with van der Waals surface area (Å²) in [5, 5.41) is 12.4. The topological polar surface area (TPSA) is 76.8 Å². The van der Waals surface area contributed by atoms with Crippen LogP contribution < -0.4 is 4.74 Å². The van der Waals surface area contributed by atoms with Gasteiger partial charge in [0.25, 0.3) is 0 Å². The third kappa shape index (κ3) is 6.12. The molecular formula is C31H39BrN4O4S. The molecule has 0 saturated heterocycles. The summed E-state index contributed by atoms with van der Waals surface area (Å²) in [7, 11) is 3.45. The van der Waals surface area contributed by atoms with Crippen molar-refractivity contribution in [2.24, 2.45) is 0 Å². The van der Waals surface area contributed by atoms with Crippen molar-refractivity contribution >= 4 is 39.1 Å². The van der Waals surface area contributed by atoms with Crippen molar-refractivity contribution in [1.29, 1.82) is 0 Å². The van der Waals surface area contributed by atoms with Crippen molar-refractivity contribution in [2.45, 2.75) is 38.8 Å².